The largest absolute Gasteiger partial charge is 0.481 e. The molecule has 0 aliphatic rings. The molecule has 2 N–H and O–H groups in total. The van der Waals surface area contributed by atoms with Gasteiger partial charge in [-0.3, -0.25) is 9.59 Å². The SMILES string of the molecule is CC(=O)O.CCCCCCCCCCCCNOC(C)=O.[Na]. The van der Waals surface area contributed by atoms with Crippen LogP contribution in [0, 0.1) is 0 Å². The van der Waals surface area contributed by atoms with E-state index < -0.39 is 5.97 Å². The number of rotatable bonds is 12. The number of carboxylic acids is 1. The number of nitrogens with one attached hydrogen (secondary N) is 1. The van der Waals surface area contributed by atoms with Crippen LogP contribution in [0.15, 0.2) is 0 Å². The molecule has 0 rings (SSSR count). The van der Waals surface area contributed by atoms with Gasteiger partial charge in [0.1, 0.15) is 0 Å². The van der Waals surface area contributed by atoms with Gasteiger partial charge in [-0.25, -0.2) is 0 Å². The zero-order valence-electron chi connectivity index (χ0n) is 15.0. The van der Waals surface area contributed by atoms with Gasteiger partial charge in [0.15, 0.2) is 0 Å². The molecule has 22 heavy (non-hydrogen) atoms. The van der Waals surface area contributed by atoms with E-state index in [0.29, 0.717) is 0 Å². The number of aliphatic carboxylic acids is 1. The van der Waals surface area contributed by atoms with Crippen LogP contribution >= 0.6 is 0 Å². The Morgan fingerprint density at radius 2 is 1.23 bits per heavy atom. The van der Waals surface area contributed by atoms with Crippen LogP contribution < -0.4 is 5.48 Å². The molecule has 0 atom stereocenters. The third-order valence-corrected chi connectivity index (χ3v) is 2.85. The summed E-state index contributed by atoms with van der Waals surface area (Å²) in [5.41, 5.74) is 2.66. The smallest absolute Gasteiger partial charge is 0.321 e. The van der Waals surface area contributed by atoms with Crippen LogP contribution in [0.4, 0.5) is 0 Å². The number of hydroxylamine groups is 1. The average Bonchev–Trinajstić information content (AvgIpc) is 2.39. The average molecular weight is 326 g/mol. The Morgan fingerprint density at radius 1 is 0.864 bits per heavy atom. The number of hydrogen-bond acceptors (Lipinski definition) is 4. The first-order chi connectivity index (χ1) is 10.0. The minimum atomic E-state index is -0.833. The molecule has 0 aromatic carbocycles. The van der Waals surface area contributed by atoms with E-state index in [-0.39, 0.29) is 35.5 Å². The topological polar surface area (TPSA) is 75.6 Å². The van der Waals surface area contributed by atoms with Crippen molar-refractivity contribution in [1.82, 2.24) is 5.48 Å². The van der Waals surface area contributed by atoms with Gasteiger partial charge in [0.2, 0.25) is 0 Å². The molecular weight excluding hydrogens is 293 g/mol. The fourth-order valence-corrected chi connectivity index (χ4v) is 1.84. The third-order valence-electron chi connectivity index (χ3n) is 2.85. The summed E-state index contributed by atoms with van der Waals surface area (Å²) in [6.07, 6.45) is 13.3. The van der Waals surface area contributed by atoms with Crippen molar-refractivity contribution in [1.29, 1.82) is 0 Å². The molecule has 1 radical (unpaired) electrons. The molecule has 0 aromatic rings. The van der Waals surface area contributed by atoms with Crippen molar-refractivity contribution in [2.24, 2.45) is 0 Å². The Balaban J connectivity index is -0.000000640. The third kappa shape index (κ3) is 36.8. The number of hydrogen-bond donors (Lipinski definition) is 2. The summed E-state index contributed by atoms with van der Waals surface area (Å²) in [5.74, 6) is -1.10. The van der Waals surface area contributed by atoms with Crippen LogP contribution in [0.5, 0.6) is 0 Å². The molecule has 0 spiro atoms. The summed E-state index contributed by atoms with van der Waals surface area (Å²) in [6, 6.07) is 0. The molecule has 0 saturated heterocycles. The Kier molecular flexibility index (Phi) is 28.2. The summed E-state index contributed by atoms with van der Waals surface area (Å²) in [5, 5.41) is 7.42. The summed E-state index contributed by atoms with van der Waals surface area (Å²) in [4.78, 5) is 24.1. The van der Waals surface area contributed by atoms with Crippen LogP contribution in [0.3, 0.4) is 0 Å². The van der Waals surface area contributed by atoms with Gasteiger partial charge in [-0.15, -0.1) is 0 Å². The maximum Gasteiger partial charge on any atom is 0.321 e. The molecule has 5 nitrogen and oxygen atoms in total. The molecule has 0 fully saturated rings. The Labute approximate surface area is 157 Å². The van der Waals surface area contributed by atoms with Gasteiger partial charge in [-0.05, 0) is 6.42 Å². The number of carbonyl (C=O) groups excluding carboxylic acids is 1. The fourth-order valence-electron chi connectivity index (χ4n) is 1.84. The van der Waals surface area contributed by atoms with E-state index in [0.717, 1.165) is 19.9 Å². The predicted octanol–water partition coefficient (Wildman–Crippen LogP) is 3.69. The summed E-state index contributed by atoms with van der Waals surface area (Å²) in [6.45, 7) is 5.52. The van der Waals surface area contributed by atoms with Gasteiger partial charge in [0.25, 0.3) is 5.97 Å². The fraction of sp³-hybridized carbons (Fsp3) is 0.875. The zero-order valence-corrected chi connectivity index (χ0v) is 17.0. The molecule has 0 unspecified atom stereocenters. The Hall–Kier alpha value is -0.100. The molecule has 0 heterocycles. The number of carbonyl (C=O) groups is 2. The van der Waals surface area contributed by atoms with E-state index >= 15 is 0 Å². The standard InChI is InChI=1S/C14H29NO2.C2H4O2.Na/c1-3-4-5-6-7-8-9-10-11-12-13-15-17-14(2)16;1-2(3)4;/h15H,3-13H2,1-2H3;1H3,(H,3,4);. The second-order valence-electron chi connectivity index (χ2n) is 5.19. The predicted molar refractivity (Wildman–Crippen MR) is 90.7 cm³/mol. The maximum atomic E-state index is 10.4. The number of unbranched alkanes of at least 4 members (excludes halogenated alkanes) is 9. The van der Waals surface area contributed by atoms with Gasteiger partial charge in [0, 0.05) is 49.9 Å². The summed E-state index contributed by atoms with van der Waals surface area (Å²) >= 11 is 0. The van der Waals surface area contributed by atoms with Crippen molar-refractivity contribution < 1.29 is 19.5 Å². The van der Waals surface area contributed by atoms with E-state index in [4.69, 9.17) is 9.90 Å². The van der Waals surface area contributed by atoms with Crippen LogP contribution in [0.2, 0.25) is 0 Å². The molecule has 0 amide bonds. The summed E-state index contributed by atoms with van der Waals surface area (Å²) < 4.78 is 0. The Bertz CT molecular complexity index is 246. The van der Waals surface area contributed by atoms with Crippen molar-refractivity contribution in [2.45, 2.75) is 85.0 Å². The minimum Gasteiger partial charge on any atom is -0.481 e. The van der Waals surface area contributed by atoms with E-state index in [2.05, 4.69) is 17.2 Å². The molecule has 0 saturated carbocycles. The van der Waals surface area contributed by atoms with Crippen molar-refractivity contribution in [3.8, 4) is 0 Å². The molecule has 0 aromatic heterocycles. The van der Waals surface area contributed by atoms with Gasteiger partial charge >= 0.3 is 5.97 Å². The van der Waals surface area contributed by atoms with Gasteiger partial charge < -0.3 is 9.94 Å². The van der Waals surface area contributed by atoms with Gasteiger partial charge in [-0.2, -0.15) is 5.48 Å². The van der Waals surface area contributed by atoms with E-state index in [1.807, 2.05) is 0 Å². The van der Waals surface area contributed by atoms with Crippen LogP contribution in [0.25, 0.3) is 0 Å². The van der Waals surface area contributed by atoms with Crippen molar-refractivity contribution in [3.63, 3.8) is 0 Å². The van der Waals surface area contributed by atoms with Crippen molar-refractivity contribution in [3.05, 3.63) is 0 Å². The molecular formula is C16H33NNaO4. The normalized spacial score (nSPS) is 9.23. The maximum absolute atomic E-state index is 10.4. The quantitative estimate of drug-likeness (QED) is 0.325. The molecule has 0 aliphatic carbocycles. The van der Waals surface area contributed by atoms with E-state index in [9.17, 15) is 4.79 Å². The van der Waals surface area contributed by atoms with Gasteiger partial charge in [-0.1, -0.05) is 64.7 Å². The summed E-state index contributed by atoms with van der Waals surface area (Å²) in [7, 11) is 0. The van der Waals surface area contributed by atoms with Crippen LogP contribution in [-0.4, -0.2) is 53.1 Å². The first-order valence-corrected chi connectivity index (χ1v) is 8.10. The first kappa shape index (κ1) is 26.8. The van der Waals surface area contributed by atoms with Crippen molar-refractivity contribution >= 4 is 41.5 Å². The molecule has 6 heteroatoms. The van der Waals surface area contributed by atoms with E-state index in [1.54, 1.807) is 0 Å². The van der Waals surface area contributed by atoms with Crippen LogP contribution in [-0.2, 0) is 14.4 Å². The van der Waals surface area contributed by atoms with Crippen molar-refractivity contribution in [2.75, 3.05) is 6.54 Å². The van der Waals surface area contributed by atoms with E-state index in [1.165, 1.54) is 64.7 Å². The Morgan fingerprint density at radius 3 is 1.59 bits per heavy atom. The van der Waals surface area contributed by atoms with Crippen LogP contribution in [0.1, 0.15) is 85.0 Å². The number of carboxylic acid groups (broad SMARTS) is 1. The second-order valence-corrected chi connectivity index (χ2v) is 5.19. The van der Waals surface area contributed by atoms with Gasteiger partial charge in [0.05, 0.1) is 0 Å². The first-order valence-electron chi connectivity index (χ1n) is 8.10. The monoisotopic (exact) mass is 326 g/mol. The zero-order chi connectivity index (χ0) is 16.3. The molecule has 127 valence electrons. The minimum absolute atomic E-state index is 0. The molecule has 0 bridgehead atoms. The second kappa shape index (κ2) is 23.2. The molecule has 0 aliphatic heterocycles.